The van der Waals surface area contributed by atoms with Gasteiger partial charge in [-0.05, 0) is 0 Å². The molecule has 13 heavy (non-hydrogen) atoms. The lowest BCUT2D eigenvalue weighted by molar-refractivity contribution is -0.144. The fourth-order valence-electron chi connectivity index (χ4n) is 0.656. The Morgan fingerprint density at radius 2 is 1.46 bits per heavy atom. The van der Waals surface area contributed by atoms with E-state index in [0.29, 0.717) is 0 Å². The molecule has 6 heteroatoms. The van der Waals surface area contributed by atoms with Gasteiger partial charge in [-0.3, -0.25) is 9.59 Å². The molecule has 0 aliphatic carbocycles. The van der Waals surface area contributed by atoms with Crippen LogP contribution in [0.3, 0.4) is 0 Å². The molecule has 3 nitrogen and oxygen atoms in total. The Balaban J connectivity index is 4.53. The first kappa shape index (κ1) is 11.9. The van der Waals surface area contributed by atoms with Gasteiger partial charge in [0.15, 0.2) is 5.78 Å². The molecule has 0 atom stereocenters. The molecule has 0 aromatic carbocycles. The number of carbonyl (C=O) groups is 2. The summed E-state index contributed by atoms with van der Waals surface area (Å²) in [6.07, 6.45) is -1.06. The van der Waals surface area contributed by atoms with Crippen molar-refractivity contribution in [3.05, 3.63) is 0 Å². The number of rotatable bonds is 6. The third kappa shape index (κ3) is 2.71. The predicted molar refractivity (Wildman–Crippen MR) is 37.6 cm³/mol. The van der Waals surface area contributed by atoms with Gasteiger partial charge in [0.2, 0.25) is 0 Å². The van der Waals surface area contributed by atoms with Crippen molar-refractivity contribution < 1.29 is 27.9 Å². The van der Waals surface area contributed by atoms with Crippen molar-refractivity contribution in [2.24, 2.45) is 5.41 Å². The molecule has 0 aromatic rings. The van der Waals surface area contributed by atoms with Crippen molar-refractivity contribution in [1.82, 2.24) is 0 Å². The van der Waals surface area contributed by atoms with Crippen LogP contribution in [0, 0.1) is 5.41 Å². The third-order valence-corrected chi connectivity index (χ3v) is 1.67. The van der Waals surface area contributed by atoms with E-state index < -0.39 is 43.6 Å². The first-order valence-electron chi connectivity index (χ1n) is 3.45. The minimum absolute atomic E-state index is 1.06. The Hall–Kier alpha value is -1.07. The minimum atomic E-state index is -2.40. The summed E-state index contributed by atoms with van der Waals surface area (Å²) in [7, 11) is 0. The second kappa shape index (κ2) is 4.84. The summed E-state index contributed by atoms with van der Waals surface area (Å²) in [5, 5.41) is 8.15. The van der Waals surface area contributed by atoms with Gasteiger partial charge < -0.3 is 5.11 Å². The molecule has 0 fully saturated rings. The molecule has 1 N–H and O–H groups in total. The Morgan fingerprint density at radius 1 is 1.08 bits per heavy atom. The summed E-state index contributed by atoms with van der Waals surface area (Å²) >= 11 is 0. The molecule has 0 heterocycles. The van der Waals surface area contributed by atoms with E-state index in [1.165, 1.54) is 0 Å². The van der Waals surface area contributed by atoms with Crippen LogP contribution in [0.15, 0.2) is 0 Å². The molecule has 0 amide bonds. The molecule has 0 unspecified atom stereocenters. The number of Topliss-reactive ketones (excluding diaryl/α,β-unsaturated/α-hetero) is 1. The van der Waals surface area contributed by atoms with Crippen molar-refractivity contribution in [3.8, 4) is 0 Å². The molecule has 0 rings (SSSR count). The summed E-state index contributed by atoms with van der Waals surface area (Å²) < 4.78 is 36.4. The van der Waals surface area contributed by atoms with Crippen LogP contribution in [0.1, 0.15) is 6.42 Å². The van der Waals surface area contributed by atoms with Crippen molar-refractivity contribution in [1.29, 1.82) is 0 Å². The fraction of sp³-hybridized carbons (Fsp3) is 0.714. The number of carbonyl (C=O) groups excluding carboxylic acids is 1. The molecule has 0 aliphatic rings. The number of halogens is 3. The highest BCUT2D eigenvalue weighted by Gasteiger charge is 2.39. The SMILES string of the molecule is O=C(O)CC(=O)C(CF)(CF)CF. The molecular weight excluding hydrogens is 189 g/mol. The Bertz CT molecular complexity index is 193. The van der Waals surface area contributed by atoms with Gasteiger partial charge in [0.25, 0.3) is 0 Å². The van der Waals surface area contributed by atoms with Crippen LogP contribution in [-0.2, 0) is 9.59 Å². The summed E-state index contributed by atoms with van der Waals surface area (Å²) in [5.74, 6) is -2.78. The lowest BCUT2D eigenvalue weighted by Crippen LogP contribution is -2.39. The summed E-state index contributed by atoms with van der Waals surface area (Å²) in [6.45, 7) is -4.57. The number of ketones is 1. The van der Waals surface area contributed by atoms with E-state index >= 15 is 0 Å². The van der Waals surface area contributed by atoms with E-state index in [1.807, 2.05) is 0 Å². The van der Waals surface area contributed by atoms with Crippen LogP contribution >= 0.6 is 0 Å². The zero-order valence-corrected chi connectivity index (χ0v) is 6.73. The minimum Gasteiger partial charge on any atom is -0.481 e. The van der Waals surface area contributed by atoms with Gasteiger partial charge in [-0.25, -0.2) is 13.2 Å². The zero-order chi connectivity index (χ0) is 10.5. The molecule has 0 aromatic heterocycles. The monoisotopic (exact) mass is 198 g/mol. The molecule has 0 bridgehead atoms. The molecular formula is C7H9F3O3. The van der Waals surface area contributed by atoms with Crippen LogP contribution in [0.25, 0.3) is 0 Å². The van der Waals surface area contributed by atoms with Crippen molar-refractivity contribution in [3.63, 3.8) is 0 Å². The summed E-state index contributed by atoms with van der Waals surface area (Å²) in [6, 6.07) is 0. The van der Waals surface area contributed by atoms with Crippen LogP contribution < -0.4 is 0 Å². The Kier molecular flexibility index (Phi) is 4.44. The topological polar surface area (TPSA) is 54.4 Å². The maximum absolute atomic E-state index is 12.1. The zero-order valence-electron chi connectivity index (χ0n) is 6.73. The van der Waals surface area contributed by atoms with Crippen LogP contribution in [0.4, 0.5) is 13.2 Å². The number of carboxylic acids is 1. The van der Waals surface area contributed by atoms with E-state index in [2.05, 4.69) is 0 Å². The van der Waals surface area contributed by atoms with Crippen molar-refractivity contribution >= 4 is 11.8 Å². The number of alkyl halides is 3. The molecule has 0 aliphatic heterocycles. The first-order valence-corrected chi connectivity index (χ1v) is 3.45. The third-order valence-electron chi connectivity index (χ3n) is 1.67. The lowest BCUT2D eigenvalue weighted by atomic mass is 9.86. The van der Waals surface area contributed by atoms with E-state index in [9.17, 15) is 22.8 Å². The smallest absolute Gasteiger partial charge is 0.310 e. The van der Waals surface area contributed by atoms with Crippen LogP contribution in [0.2, 0.25) is 0 Å². The Morgan fingerprint density at radius 3 is 1.69 bits per heavy atom. The molecule has 0 saturated heterocycles. The molecule has 0 spiro atoms. The number of hydrogen-bond acceptors (Lipinski definition) is 2. The average molecular weight is 198 g/mol. The Labute approximate surface area is 72.5 Å². The van der Waals surface area contributed by atoms with E-state index in [4.69, 9.17) is 5.11 Å². The van der Waals surface area contributed by atoms with Gasteiger partial charge in [0.1, 0.15) is 31.9 Å². The quantitative estimate of drug-likeness (QED) is 0.646. The van der Waals surface area contributed by atoms with Crippen molar-refractivity contribution in [2.45, 2.75) is 6.42 Å². The number of carboxylic acid groups (broad SMARTS) is 1. The van der Waals surface area contributed by atoms with Gasteiger partial charge in [-0.2, -0.15) is 0 Å². The normalized spacial score (nSPS) is 11.3. The largest absolute Gasteiger partial charge is 0.481 e. The highest BCUT2D eigenvalue weighted by molar-refractivity contribution is 5.98. The standard InChI is InChI=1S/C7H9F3O3/c8-2-7(3-9,4-10)5(11)1-6(12)13/h1-4H2,(H,12,13). The highest BCUT2D eigenvalue weighted by atomic mass is 19.1. The molecule has 76 valence electrons. The summed E-state index contributed by atoms with van der Waals surface area (Å²) in [5.41, 5.74) is -2.40. The first-order chi connectivity index (χ1) is 6.02. The van der Waals surface area contributed by atoms with Gasteiger partial charge in [0.05, 0.1) is 0 Å². The van der Waals surface area contributed by atoms with Crippen molar-refractivity contribution in [2.75, 3.05) is 20.0 Å². The van der Waals surface area contributed by atoms with Gasteiger partial charge in [-0.1, -0.05) is 0 Å². The van der Waals surface area contributed by atoms with Crippen LogP contribution in [0.5, 0.6) is 0 Å². The highest BCUT2D eigenvalue weighted by Crippen LogP contribution is 2.22. The molecule has 0 saturated carbocycles. The maximum Gasteiger partial charge on any atom is 0.310 e. The average Bonchev–Trinajstić information content (AvgIpc) is 2.07. The number of aliphatic carboxylic acids is 1. The second-order valence-corrected chi connectivity index (χ2v) is 2.67. The molecule has 0 radical (unpaired) electrons. The van der Waals surface area contributed by atoms with Crippen LogP contribution in [-0.4, -0.2) is 36.9 Å². The van der Waals surface area contributed by atoms with Gasteiger partial charge >= 0.3 is 5.97 Å². The number of hydrogen-bond donors (Lipinski definition) is 1. The lowest BCUT2D eigenvalue weighted by Gasteiger charge is -2.21. The fourth-order valence-corrected chi connectivity index (χ4v) is 0.656. The van der Waals surface area contributed by atoms with E-state index in [-0.39, 0.29) is 0 Å². The van der Waals surface area contributed by atoms with Gasteiger partial charge in [-0.15, -0.1) is 0 Å². The second-order valence-electron chi connectivity index (χ2n) is 2.67. The van der Waals surface area contributed by atoms with E-state index in [1.54, 1.807) is 0 Å². The van der Waals surface area contributed by atoms with E-state index in [0.717, 1.165) is 0 Å². The van der Waals surface area contributed by atoms with Gasteiger partial charge in [0, 0.05) is 0 Å². The maximum atomic E-state index is 12.1. The summed E-state index contributed by atoms with van der Waals surface area (Å²) in [4.78, 5) is 20.9. The predicted octanol–water partition coefficient (Wildman–Crippen LogP) is 0.925.